The SMILES string of the molecule is CC(C)CC1(CC(C)C)NC(=S)N(c2ccc([N+](=O)[O-])cc2)N1. The second-order valence-corrected chi connectivity index (χ2v) is 7.32. The van der Waals surface area contributed by atoms with E-state index in [0.29, 0.717) is 16.9 Å². The number of benzene rings is 1. The van der Waals surface area contributed by atoms with Gasteiger partial charge in [0.2, 0.25) is 0 Å². The lowest BCUT2D eigenvalue weighted by Gasteiger charge is -2.33. The number of hydrogen-bond donors (Lipinski definition) is 2. The number of nitro groups is 1. The van der Waals surface area contributed by atoms with Gasteiger partial charge in [-0.3, -0.25) is 15.1 Å². The van der Waals surface area contributed by atoms with Gasteiger partial charge in [0.15, 0.2) is 5.11 Å². The Labute approximate surface area is 142 Å². The Balaban J connectivity index is 2.24. The maximum absolute atomic E-state index is 10.8. The van der Waals surface area contributed by atoms with Crippen molar-refractivity contribution >= 4 is 28.7 Å². The smallest absolute Gasteiger partial charge is 0.269 e. The molecule has 0 aromatic heterocycles. The van der Waals surface area contributed by atoms with Gasteiger partial charge in [0.05, 0.1) is 10.6 Å². The standard InChI is InChI=1S/C16H24N4O2S/c1-11(2)9-16(10-12(3)4)17-15(23)19(18-16)13-5-7-14(8-6-13)20(21)22/h5-8,11-12,18H,9-10H2,1-4H3,(H,17,23). The first kappa shape index (κ1) is 17.6. The molecular formula is C16H24N4O2S. The number of rotatable bonds is 6. The molecule has 23 heavy (non-hydrogen) atoms. The highest BCUT2D eigenvalue weighted by atomic mass is 32.1. The number of nitro benzene ring substituents is 1. The molecule has 0 unspecified atom stereocenters. The second kappa shape index (κ2) is 6.80. The molecule has 0 spiro atoms. The van der Waals surface area contributed by atoms with E-state index in [0.717, 1.165) is 18.5 Å². The van der Waals surface area contributed by atoms with E-state index >= 15 is 0 Å². The van der Waals surface area contributed by atoms with Crippen molar-refractivity contribution in [2.45, 2.75) is 46.2 Å². The monoisotopic (exact) mass is 336 g/mol. The van der Waals surface area contributed by atoms with Crippen LogP contribution < -0.4 is 15.8 Å². The largest absolute Gasteiger partial charge is 0.342 e. The average molecular weight is 336 g/mol. The predicted octanol–water partition coefficient (Wildman–Crippen LogP) is 3.58. The molecule has 6 nitrogen and oxygen atoms in total. The molecule has 0 amide bonds. The molecular weight excluding hydrogens is 312 g/mol. The summed E-state index contributed by atoms with van der Waals surface area (Å²) >= 11 is 5.48. The third-order valence-electron chi connectivity index (χ3n) is 3.71. The number of nitrogens with zero attached hydrogens (tertiary/aromatic N) is 2. The Kier molecular flexibility index (Phi) is 5.21. The summed E-state index contributed by atoms with van der Waals surface area (Å²) in [7, 11) is 0. The van der Waals surface area contributed by atoms with E-state index in [-0.39, 0.29) is 11.4 Å². The highest BCUT2D eigenvalue weighted by Gasteiger charge is 2.41. The van der Waals surface area contributed by atoms with Gasteiger partial charge in [0.1, 0.15) is 5.66 Å². The van der Waals surface area contributed by atoms with Crippen molar-refractivity contribution in [3.63, 3.8) is 0 Å². The fraction of sp³-hybridized carbons (Fsp3) is 0.562. The summed E-state index contributed by atoms with van der Waals surface area (Å²) < 4.78 is 0. The summed E-state index contributed by atoms with van der Waals surface area (Å²) in [4.78, 5) is 10.4. The van der Waals surface area contributed by atoms with E-state index in [2.05, 4.69) is 38.4 Å². The van der Waals surface area contributed by atoms with Crippen LogP contribution in [0.25, 0.3) is 0 Å². The van der Waals surface area contributed by atoms with Gasteiger partial charge >= 0.3 is 0 Å². The highest BCUT2D eigenvalue weighted by Crippen LogP contribution is 2.29. The first-order chi connectivity index (χ1) is 10.7. The number of hydrazine groups is 1. The van der Waals surface area contributed by atoms with Crippen molar-refractivity contribution in [3.05, 3.63) is 34.4 Å². The van der Waals surface area contributed by atoms with Gasteiger partial charge in [-0.2, -0.15) is 0 Å². The lowest BCUT2D eigenvalue weighted by molar-refractivity contribution is -0.384. The van der Waals surface area contributed by atoms with Crippen LogP contribution in [-0.2, 0) is 0 Å². The van der Waals surface area contributed by atoms with Crippen molar-refractivity contribution in [2.24, 2.45) is 11.8 Å². The van der Waals surface area contributed by atoms with Gasteiger partial charge in [0.25, 0.3) is 5.69 Å². The number of nitrogens with one attached hydrogen (secondary N) is 2. The number of hydrogen-bond acceptors (Lipinski definition) is 4. The molecule has 0 saturated carbocycles. The molecule has 2 rings (SSSR count). The van der Waals surface area contributed by atoms with E-state index in [1.807, 2.05) is 5.01 Å². The molecule has 1 aliphatic rings. The topological polar surface area (TPSA) is 70.4 Å². The van der Waals surface area contributed by atoms with E-state index < -0.39 is 4.92 Å². The van der Waals surface area contributed by atoms with Gasteiger partial charge in [-0.25, -0.2) is 5.43 Å². The van der Waals surface area contributed by atoms with Crippen LogP contribution in [0.5, 0.6) is 0 Å². The molecule has 1 aromatic rings. The van der Waals surface area contributed by atoms with Crippen LogP contribution in [0.2, 0.25) is 0 Å². The van der Waals surface area contributed by atoms with Gasteiger partial charge in [0, 0.05) is 12.1 Å². The van der Waals surface area contributed by atoms with Crippen LogP contribution in [0, 0.1) is 22.0 Å². The van der Waals surface area contributed by atoms with Crippen molar-refractivity contribution in [1.82, 2.24) is 10.7 Å². The maximum atomic E-state index is 10.8. The molecule has 1 heterocycles. The summed E-state index contributed by atoms with van der Waals surface area (Å²) in [5.41, 5.74) is 4.08. The van der Waals surface area contributed by atoms with Crippen LogP contribution in [0.15, 0.2) is 24.3 Å². The number of non-ortho nitro benzene ring substituents is 1. The molecule has 1 fully saturated rings. The third kappa shape index (κ3) is 4.17. The Hall–Kier alpha value is -1.73. The lowest BCUT2D eigenvalue weighted by atomic mass is 9.90. The average Bonchev–Trinajstić information content (AvgIpc) is 2.73. The fourth-order valence-corrected chi connectivity index (χ4v) is 3.48. The third-order valence-corrected chi connectivity index (χ3v) is 3.99. The van der Waals surface area contributed by atoms with Crippen LogP contribution >= 0.6 is 12.2 Å². The second-order valence-electron chi connectivity index (χ2n) is 6.93. The highest BCUT2D eigenvalue weighted by molar-refractivity contribution is 7.80. The van der Waals surface area contributed by atoms with Crippen molar-refractivity contribution in [2.75, 3.05) is 5.01 Å². The van der Waals surface area contributed by atoms with Crippen LogP contribution in [0.3, 0.4) is 0 Å². The van der Waals surface area contributed by atoms with E-state index in [4.69, 9.17) is 12.2 Å². The van der Waals surface area contributed by atoms with Crippen molar-refractivity contribution < 1.29 is 4.92 Å². The van der Waals surface area contributed by atoms with Gasteiger partial charge in [-0.1, -0.05) is 27.7 Å². The Morgan fingerprint density at radius 3 is 2.13 bits per heavy atom. The van der Waals surface area contributed by atoms with Crippen molar-refractivity contribution in [1.29, 1.82) is 0 Å². The summed E-state index contributed by atoms with van der Waals surface area (Å²) in [6.45, 7) is 8.73. The Morgan fingerprint density at radius 2 is 1.70 bits per heavy atom. The zero-order valence-corrected chi connectivity index (χ0v) is 14.8. The molecule has 1 aromatic carbocycles. The summed E-state index contributed by atoms with van der Waals surface area (Å²) in [5, 5.41) is 16.6. The summed E-state index contributed by atoms with van der Waals surface area (Å²) in [6.07, 6.45) is 1.88. The molecule has 126 valence electrons. The molecule has 0 atom stereocenters. The van der Waals surface area contributed by atoms with E-state index in [1.165, 1.54) is 12.1 Å². The summed E-state index contributed by atoms with van der Waals surface area (Å²) in [5.74, 6) is 1.02. The molecule has 0 radical (unpaired) electrons. The van der Waals surface area contributed by atoms with Crippen molar-refractivity contribution in [3.8, 4) is 0 Å². The maximum Gasteiger partial charge on any atom is 0.269 e. The number of anilines is 1. The molecule has 7 heteroatoms. The lowest BCUT2D eigenvalue weighted by Crippen LogP contribution is -2.53. The molecule has 2 N–H and O–H groups in total. The predicted molar refractivity (Wildman–Crippen MR) is 96.1 cm³/mol. The fourth-order valence-electron chi connectivity index (χ4n) is 3.13. The van der Waals surface area contributed by atoms with Crippen LogP contribution in [0.4, 0.5) is 11.4 Å². The van der Waals surface area contributed by atoms with Crippen LogP contribution in [0.1, 0.15) is 40.5 Å². The van der Waals surface area contributed by atoms with Gasteiger partial charge in [-0.15, -0.1) is 0 Å². The van der Waals surface area contributed by atoms with E-state index in [1.54, 1.807) is 12.1 Å². The first-order valence-corrected chi connectivity index (χ1v) is 8.28. The molecule has 0 aliphatic carbocycles. The molecule has 1 aliphatic heterocycles. The quantitative estimate of drug-likeness (QED) is 0.470. The molecule has 1 saturated heterocycles. The normalized spacial score (nSPS) is 17.0. The van der Waals surface area contributed by atoms with Gasteiger partial charge in [-0.05, 0) is 49.0 Å². The minimum absolute atomic E-state index is 0.0717. The van der Waals surface area contributed by atoms with Gasteiger partial charge < -0.3 is 5.32 Å². The minimum Gasteiger partial charge on any atom is -0.342 e. The zero-order chi connectivity index (χ0) is 17.2. The molecule has 0 bridgehead atoms. The van der Waals surface area contributed by atoms with Crippen LogP contribution in [-0.4, -0.2) is 15.7 Å². The van der Waals surface area contributed by atoms with E-state index in [9.17, 15) is 10.1 Å². The zero-order valence-electron chi connectivity index (χ0n) is 14.0. The Bertz CT molecular complexity index is 576. The minimum atomic E-state index is -0.403. The summed E-state index contributed by atoms with van der Waals surface area (Å²) in [6, 6.07) is 6.40. The first-order valence-electron chi connectivity index (χ1n) is 7.87. The Morgan fingerprint density at radius 1 is 1.17 bits per heavy atom. The number of thiocarbonyl (C=S) groups is 1.